The average Bonchev–Trinajstić information content (AvgIpc) is 2.94. The van der Waals surface area contributed by atoms with Gasteiger partial charge >= 0.3 is 0 Å². The Hall–Kier alpha value is -1.52. The second-order valence-electron chi connectivity index (χ2n) is 5.27. The zero-order valence-electron chi connectivity index (χ0n) is 11.9. The van der Waals surface area contributed by atoms with Gasteiger partial charge in [0.15, 0.2) is 5.82 Å². The van der Waals surface area contributed by atoms with E-state index < -0.39 is 0 Å². The van der Waals surface area contributed by atoms with Crippen molar-refractivity contribution in [3.8, 4) is 5.88 Å². The van der Waals surface area contributed by atoms with Gasteiger partial charge in [-0.1, -0.05) is 19.8 Å². The first kappa shape index (κ1) is 13.9. The van der Waals surface area contributed by atoms with Crippen LogP contribution in [-0.4, -0.2) is 22.6 Å². The first-order chi connectivity index (χ1) is 9.22. The van der Waals surface area contributed by atoms with Crippen LogP contribution in [0.4, 0.5) is 11.5 Å². The summed E-state index contributed by atoms with van der Waals surface area (Å²) in [6, 6.07) is 0.388. The first-order valence-electron chi connectivity index (χ1n) is 7.22. The topological polar surface area (TPSA) is 73.1 Å². The van der Waals surface area contributed by atoms with E-state index in [1.165, 1.54) is 32.0 Å². The Morgan fingerprint density at radius 3 is 2.84 bits per heavy atom. The van der Waals surface area contributed by atoms with Gasteiger partial charge in [0.05, 0.1) is 6.61 Å². The molecule has 0 aromatic carbocycles. The standard InChI is InChI=1S/C14H24N4O/c1-3-8-19-14-12(15)13(16-9-17-14)18-10(2)11-6-4-5-7-11/h9-11H,3-8,15H2,1-2H3,(H,16,17,18). The number of aromatic nitrogens is 2. The monoisotopic (exact) mass is 264 g/mol. The molecule has 1 unspecified atom stereocenters. The molecule has 1 aliphatic carbocycles. The van der Waals surface area contributed by atoms with E-state index in [-0.39, 0.29) is 0 Å². The van der Waals surface area contributed by atoms with E-state index in [0.717, 1.165) is 12.3 Å². The highest BCUT2D eigenvalue weighted by Crippen LogP contribution is 2.31. The molecule has 19 heavy (non-hydrogen) atoms. The smallest absolute Gasteiger partial charge is 0.242 e. The molecule has 0 bridgehead atoms. The first-order valence-corrected chi connectivity index (χ1v) is 7.22. The Kier molecular flexibility index (Phi) is 4.82. The van der Waals surface area contributed by atoms with Gasteiger partial charge in [-0.25, -0.2) is 4.98 Å². The second kappa shape index (κ2) is 6.59. The zero-order valence-corrected chi connectivity index (χ0v) is 11.9. The summed E-state index contributed by atoms with van der Waals surface area (Å²) >= 11 is 0. The number of hydrogen-bond acceptors (Lipinski definition) is 5. The largest absolute Gasteiger partial charge is 0.476 e. The fourth-order valence-corrected chi connectivity index (χ4v) is 2.60. The number of nitrogens with zero attached hydrogens (tertiary/aromatic N) is 2. The molecular formula is C14H24N4O. The van der Waals surface area contributed by atoms with Gasteiger partial charge in [-0.2, -0.15) is 4.98 Å². The van der Waals surface area contributed by atoms with Crippen LogP contribution in [0.5, 0.6) is 5.88 Å². The van der Waals surface area contributed by atoms with Crippen LogP contribution in [0.15, 0.2) is 6.33 Å². The molecule has 1 fully saturated rings. The van der Waals surface area contributed by atoms with Crippen LogP contribution in [0.25, 0.3) is 0 Å². The van der Waals surface area contributed by atoms with Crippen molar-refractivity contribution in [2.24, 2.45) is 5.92 Å². The fourth-order valence-electron chi connectivity index (χ4n) is 2.60. The van der Waals surface area contributed by atoms with E-state index in [4.69, 9.17) is 10.5 Å². The van der Waals surface area contributed by atoms with Gasteiger partial charge < -0.3 is 15.8 Å². The predicted octanol–water partition coefficient (Wildman–Crippen LogP) is 2.84. The van der Waals surface area contributed by atoms with Gasteiger partial charge in [-0.05, 0) is 32.1 Å². The molecular weight excluding hydrogens is 240 g/mol. The summed E-state index contributed by atoms with van der Waals surface area (Å²) in [5.74, 6) is 1.90. The van der Waals surface area contributed by atoms with Crippen molar-refractivity contribution in [3.63, 3.8) is 0 Å². The zero-order chi connectivity index (χ0) is 13.7. The molecule has 1 aliphatic rings. The number of ether oxygens (including phenoxy) is 1. The van der Waals surface area contributed by atoms with Gasteiger partial charge in [0.25, 0.3) is 0 Å². The van der Waals surface area contributed by atoms with Crippen LogP contribution in [0.3, 0.4) is 0 Å². The summed E-state index contributed by atoms with van der Waals surface area (Å²) in [5.41, 5.74) is 6.57. The van der Waals surface area contributed by atoms with E-state index in [1.54, 1.807) is 0 Å². The third-order valence-corrected chi connectivity index (χ3v) is 3.76. The van der Waals surface area contributed by atoms with Crippen molar-refractivity contribution in [2.75, 3.05) is 17.7 Å². The highest BCUT2D eigenvalue weighted by atomic mass is 16.5. The van der Waals surface area contributed by atoms with Crippen molar-refractivity contribution >= 4 is 11.5 Å². The Balaban J connectivity index is 2.02. The highest BCUT2D eigenvalue weighted by molar-refractivity contribution is 5.66. The van der Waals surface area contributed by atoms with Crippen LogP contribution in [0.2, 0.25) is 0 Å². The molecule has 0 spiro atoms. The second-order valence-corrected chi connectivity index (χ2v) is 5.27. The van der Waals surface area contributed by atoms with E-state index in [1.807, 2.05) is 0 Å². The molecule has 0 radical (unpaired) electrons. The summed E-state index contributed by atoms with van der Waals surface area (Å²) in [7, 11) is 0. The van der Waals surface area contributed by atoms with Crippen molar-refractivity contribution in [1.82, 2.24) is 9.97 Å². The number of anilines is 2. The summed E-state index contributed by atoms with van der Waals surface area (Å²) in [5, 5.41) is 3.41. The number of hydrogen-bond donors (Lipinski definition) is 2. The Morgan fingerprint density at radius 1 is 1.42 bits per heavy atom. The number of nitrogen functional groups attached to an aromatic ring is 1. The Labute approximate surface area is 115 Å². The lowest BCUT2D eigenvalue weighted by Crippen LogP contribution is -2.25. The normalized spacial score (nSPS) is 17.4. The van der Waals surface area contributed by atoms with E-state index in [2.05, 4.69) is 29.1 Å². The molecule has 106 valence electrons. The van der Waals surface area contributed by atoms with Crippen molar-refractivity contribution in [3.05, 3.63) is 6.33 Å². The van der Waals surface area contributed by atoms with Gasteiger partial charge in [0.1, 0.15) is 12.0 Å². The molecule has 1 atom stereocenters. The van der Waals surface area contributed by atoms with Crippen LogP contribution in [0.1, 0.15) is 46.0 Å². The Bertz CT molecular complexity index is 404. The Morgan fingerprint density at radius 2 is 2.16 bits per heavy atom. The maximum atomic E-state index is 6.06. The summed E-state index contributed by atoms with van der Waals surface area (Å²) in [6.07, 6.45) is 7.69. The van der Waals surface area contributed by atoms with E-state index in [9.17, 15) is 0 Å². The molecule has 1 aromatic heterocycles. The molecule has 1 heterocycles. The maximum Gasteiger partial charge on any atom is 0.242 e. The van der Waals surface area contributed by atoms with Crippen LogP contribution >= 0.6 is 0 Å². The molecule has 2 rings (SSSR count). The van der Waals surface area contributed by atoms with Crippen molar-refractivity contribution < 1.29 is 4.74 Å². The van der Waals surface area contributed by atoms with Crippen molar-refractivity contribution in [1.29, 1.82) is 0 Å². The lowest BCUT2D eigenvalue weighted by atomic mass is 10.00. The minimum Gasteiger partial charge on any atom is -0.476 e. The molecule has 0 aliphatic heterocycles. The van der Waals surface area contributed by atoms with E-state index in [0.29, 0.717) is 30.0 Å². The number of rotatable bonds is 6. The SMILES string of the molecule is CCCOc1ncnc(NC(C)C2CCCC2)c1N. The molecule has 0 saturated heterocycles. The van der Waals surface area contributed by atoms with Gasteiger partial charge in [0.2, 0.25) is 5.88 Å². The number of nitrogens with two attached hydrogens (primary N) is 1. The molecule has 1 saturated carbocycles. The minimum absolute atomic E-state index is 0.388. The van der Waals surface area contributed by atoms with Gasteiger partial charge in [-0.15, -0.1) is 0 Å². The van der Waals surface area contributed by atoms with Gasteiger partial charge in [0, 0.05) is 6.04 Å². The lowest BCUT2D eigenvalue weighted by molar-refractivity contribution is 0.306. The van der Waals surface area contributed by atoms with Crippen LogP contribution in [-0.2, 0) is 0 Å². The quantitative estimate of drug-likeness (QED) is 0.826. The van der Waals surface area contributed by atoms with Crippen LogP contribution in [0, 0.1) is 5.92 Å². The minimum atomic E-state index is 0.388. The molecule has 3 N–H and O–H groups in total. The highest BCUT2D eigenvalue weighted by Gasteiger charge is 2.22. The summed E-state index contributed by atoms with van der Waals surface area (Å²) < 4.78 is 5.52. The van der Waals surface area contributed by atoms with Crippen LogP contribution < -0.4 is 15.8 Å². The average molecular weight is 264 g/mol. The van der Waals surface area contributed by atoms with Gasteiger partial charge in [-0.3, -0.25) is 0 Å². The maximum absolute atomic E-state index is 6.06. The molecule has 0 amide bonds. The number of nitrogens with one attached hydrogen (secondary N) is 1. The summed E-state index contributed by atoms with van der Waals surface area (Å²) in [6.45, 7) is 4.88. The third kappa shape index (κ3) is 3.49. The predicted molar refractivity (Wildman–Crippen MR) is 77.3 cm³/mol. The molecule has 5 heteroatoms. The fraction of sp³-hybridized carbons (Fsp3) is 0.714. The molecule has 5 nitrogen and oxygen atoms in total. The van der Waals surface area contributed by atoms with E-state index >= 15 is 0 Å². The third-order valence-electron chi connectivity index (χ3n) is 3.76. The van der Waals surface area contributed by atoms with Crippen molar-refractivity contribution in [2.45, 2.75) is 52.0 Å². The lowest BCUT2D eigenvalue weighted by Gasteiger charge is -2.22. The summed E-state index contributed by atoms with van der Waals surface area (Å²) in [4.78, 5) is 8.31. The molecule has 1 aromatic rings.